The quantitative estimate of drug-likeness (QED) is 0.447. The summed E-state index contributed by atoms with van der Waals surface area (Å²) < 4.78 is 5.84. The lowest BCUT2D eigenvalue weighted by molar-refractivity contribution is -0.147. The van der Waals surface area contributed by atoms with Crippen LogP contribution in [0.5, 0.6) is 0 Å². The molecule has 8 nitrogen and oxygen atoms in total. The molecule has 1 unspecified atom stereocenters. The molecule has 41 heavy (non-hydrogen) atoms. The molecule has 2 amide bonds. The fourth-order valence-electron chi connectivity index (χ4n) is 6.69. The maximum Gasteiger partial charge on any atom is 0.408 e. The number of hydrogen-bond donors (Lipinski definition) is 2. The van der Waals surface area contributed by atoms with Gasteiger partial charge in [-0.05, 0) is 47.1 Å². The molecular formula is C33H35N3O5. The normalized spacial score (nSPS) is 22.1. The van der Waals surface area contributed by atoms with Crippen LogP contribution < -0.4 is 5.32 Å². The maximum atomic E-state index is 14.0. The number of nitrogens with one attached hydrogen (secondary N) is 1. The Labute approximate surface area is 239 Å². The van der Waals surface area contributed by atoms with Crippen molar-refractivity contribution >= 4 is 18.0 Å². The van der Waals surface area contributed by atoms with Crippen LogP contribution in [0.2, 0.25) is 0 Å². The zero-order chi connectivity index (χ0) is 28.4. The molecule has 8 heteroatoms. The van der Waals surface area contributed by atoms with Crippen LogP contribution in [-0.2, 0) is 20.9 Å². The summed E-state index contributed by atoms with van der Waals surface area (Å²) in [7, 11) is 0. The molecule has 2 saturated heterocycles. The summed E-state index contributed by atoms with van der Waals surface area (Å²) in [5.74, 6) is -1.80. The van der Waals surface area contributed by atoms with E-state index in [2.05, 4.69) is 34.5 Å². The third kappa shape index (κ3) is 5.44. The highest BCUT2D eigenvalue weighted by Crippen LogP contribution is 2.44. The largest absolute Gasteiger partial charge is 0.481 e. The first-order valence-electron chi connectivity index (χ1n) is 14.4. The second kappa shape index (κ2) is 11.4. The van der Waals surface area contributed by atoms with E-state index in [4.69, 9.17) is 4.74 Å². The van der Waals surface area contributed by atoms with Crippen molar-refractivity contribution in [1.82, 2.24) is 15.1 Å². The first-order chi connectivity index (χ1) is 19.9. The lowest BCUT2D eigenvalue weighted by Crippen LogP contribution is -2.62. The highest BCUT2D eigenvalue weighted by molar-refractivity contribution is 5.91. The van der Waals surface area contributed by atoms with Gasteiger partial charge in [0.25, 0.3) is 0 Å². The Kier molecular flexibility index (Phi) is 7.49. The Morgan fingerprint density at radius 2 is 1.56 bits per heavy atom. The van der Waals surface area contributed by atoms with Gasteiger partial charge in [-0.15, -0.1) is 0 Å². The Hall–Kier alpha value is -4.17. The summed E-state index contributed by atoms with van der Waals surface area (Å²) >= 11 is 0. The molecule has 6 rings (SSSR count). The molecular weight excluding hydrogens is 518 g/mol. The molecule has 2 fully saturated rings. The smallest absolute Gasteiger partial charge is 0.408 e. The number of carboxylic acid groups (broad SMARTS) is 1. The van der Waals surface area contributed by atoms with Gasteiger partial charge < -0.3 is 20.1 Å². The van der Waals surface area contributed by atoms with Gasteiger partial charge in [0.15, 0.2) is 0 Å². The van der Waals surface area contributed by atoms with Crippen LogP contribution in [0, 0.1) is 5.92 Å². The van der Waals surface area contributed by atoms with Gasteiger partial charge in [-0.25, -0.2) is 4.79 Å². The second-order valence-electron chi connectivity index (χ2n) is 11.4. The number of aliphatic carboxylic acids is 1. The molecule has 0 aromatic heterocycles. The van der Waals surface area contributed by atoms with Crippen molar-refractivity contribution in [1.29, 1.82) is 0 Å². The van der Waals surface area contributed by atoms with Crippen molar-refractivity contribution < 1.29 is 24.2 Å². The van der Waals surface area contributed by atoms with E-state index in [1.165, 1.54) is 0 Å². The van der Waals surface area contributed by atoms with Crippen LogP contribution in [0.1, 0.15) is 41.9 Å². The summed E-state index contributed by atoms with van der Waals surface area (Å²) in [6.45, 7) is 2.40. The molecule has 0 radical (unpaired) electrons. The molecule has 2 atom stereocenters. The minimum atomic E-state index is -1.18. The van der Waals surface area contributed by atoms with Gasteiger partial charge in [0.05, 0.1) is 5.92 Å². The molecule has 1 aliphatic carbocycles. The van der Waals surface area contributed by atoms with E-state index in [0.717, 1.165) is 27.8 Å². The number of benzene rings is 3. The van der Waals surface area contributed by atoms with Gasteiger partial charge in [0, 0.05) is 38.6 Å². The van der Waals surface area contributed by atoms with Crippen LogP contribution in [0.25, 0.3) is 11.1 Å². The number of fused-ring (bicyclic) bond motifs is 3. The predicted molar refractivity (Wildman–Crippen MR) is 154 cm³/mol. The monoisotopic (exact) mass is 553 g/mol. The zero-order valence-electron chi connectivity index (χ0n) is 23.0. The van der Waals surface area contributed by atoms with E-state index in [1.54, 1.807) is 4.90 Å². The summed E-state index contributed by atoms with van der Waals surface area (Å²) in [5.41, 5.74) is 4.48. The average molecular weight is 554 g/mol. The number of amides is 2. The highest BCUT2D eigenvalue weighted by atomic mass is 16.5. The molecule has 2 aliphatic heterocycles. The number of ether oxygens (including phenoxy) is 1. The Morgan fingerprint density at radius 1 is 0.902 bits per heavy atom. The van der Waals surface area contributed by atoms with Gasteiger partial charge in [-0.1, -0.05) is 78.9 Å². The Balaban J connectivity index is 1.19. The van der Waals surface area contributed by atoms with Crippen LogP contribution in [0.15, 0.2) is 78.9 Å². The van der Waals surface area contributed by atoms with E-state index in [1.807, 2.05) is 54.6 Å². The van der Waals surface area contributed by atoms with Crippen molar-refractivity contribution in [2.45, 2.75) is 37.3 Å². The molecule has 2 heterocycles. The van der Waals surface area contributed by atoms with Crippen molar-refractivity contribution in [3.63, 3.8) is 0 Å². The van der Waals surface area contributed by atoms with Crippen molar-refractivity contribution in [3.05, 3.63) is 95.6 Å². The summed E-state index contributed by atoms with van der Waals surface area (Å²) in [6.07, 6.45) is 0.967. The van der Waals surface area contributed by atoms with Crippen molar-refractivity contribution in [3.8, 4) is 11.1 Å². The van der Waals surface area contributed by atoms with Gasteiger partial charge in [0.2, 0.25) is 5.91 Å². The molecule has 3 aromatic carbocycles. The number of likely N-dealkylation sites (tertiary alicyclic amines) is 2. The van der Waals surface area contributed by atoms with Crippen molar-refractivity contribution in [2.75, 3.05) is 32.8 Å². The third-order valence-electron chi connectivity index (χ3n) is 8.75. The van der Waals surface area contributed by atoms with Gasteiger partial charge in [-0.2, -0.15) is 0 Å². The number of alkyl carbamates (subject to hydrolysis) is 1. The number of carbonyl (C=O) groups excluding carboxylic acids is 2. The van der Waals surface area contributed by atoms with Crippen LogP contribution in [0.3, 0.4) is 0 Å². The lowest BCUT2D eigenvalue weighted by atomic mass is 9.92. The van der Waals surface area contributed by atoms with Crippen LogP contribution in [-0.4, -0.2) is 71.2 Å². The first kappa shape index (κ1) is 27.0. The number of nitrogens with zero attached hydrogens (tertiary/aromatic N) is 2. The molecule has 3 aliphatic rings. The first-order valence-corrected chi connectivity index (χ1v) is 14.4. The van der Waals surface area contributed by atoms with Gasteiger partial charge in [-0.3, -0.25) is 14.5 Å². The third-order valence-corrected chi connectivity index (χ3v) is 8.75. The van der Waals surface area contributed by atoms with E-state index in [-0.39, 0.29) is 25.0 Å². The fourth-order valence-corrected chi connectivity index (χ4v) is 6.69. The van der Waals surface area contributed by atoms with E-state index in [9.17, 15) is 19.5 Å². The fraction of sp³-hybridized carbons (Fsp3) is 0.364. The maximum absolute atomic E-state index is 14.0. The molecule has 0 bridgehead atoms. The molecule has 0 spiro atoms. The highest BCUT2D eigenvalue weighted by Gasteiger charge is 2.49. The minimum Gasteiger partial charge on any atom is -0.481 e. The summed E-state index contributed by atoms with van der Waals surface area (Å²) in [5, 5.41) is 12.6. The zero-order valence-corrected chi connectivity index (χ0v) is 23.0. The van der Waals surface area contributed by atoms with Gasteiger partial charge in [0.1, 0.15) is 12.1 Å². The minimum absolute atomic E-state index is 0.0867. The number of rotatable bonds is 7. The average Bonchev–Trinajstić information content (AvgIpc) is 3.55. The number of piperidine rings is 1. The Morgan fingerprint density at radius 3 is 2.24 bits per heavy atom. The number of hydrogen-bond acceptors (Lipinski definition) is 5. The second-order valence-corrected chi connectivity index (χ2v) is 11.4. The number of carbonyl (C=O) groups is 3. The number of carboxylic acids is 1. The van der Waals surface area contributed by atoms with Crippen LogP contribution >= 0.6 is 0 Å². The van der Waals surface area contributed by atoms with E-state index in [0.29, 0.717) is 45.4 Å². The predicted octanol–water partition coefficient (Wildman–Crippen LogP) is 4.49. The van der Waals surface area contributed by atoms with Crippen molar-refractivity contribution in [2.24, 2.45) is 5.92 Å². The van der Waals surface area contributed by atoms with Gasteiger partial charge >= 0.3 is 12.1 Å². The SMILES string of the molecule is O=C(NC1(C(=O)N2CCC[C@@H](C(=O)O)C2)CCN(Cc2ccccc2)C1)OCC1c2ccccc2-c2ccccc21. The molecule has 2 N–H and O–H groups in total. The molecule has 0 saturated carbocycles. The summed E-state index contributed by atoms with van der Waals surface area (Å²) in [6, 6.07) is 26.4. The van der Waals surface area contributed by atoms with Crippen LogP contribution in [0.4, 0.5) is 4.79 Å². The lowest BCUT2D eigenvalue weighted by Gasteiger charge is -2.38. The topological polar surface area (TPSA) is 99.2 Å². The molecule has 3 aromatic rings. The van der Waals surface area contributed by atoms with E-state index < -0.39 is 23.5 Å². The molecule has 212 valence electrons. The standard InChI is InChI=1S/C33H35N3O5/c37-30(38)24-11-8-17-36(20-24)31(39)33(16-18-35(22-33)19-23-9-2-1-3-10-23)34-32(40)41-21-29-27-14-6-4-12-25(27)26-13-5-7-15-28(26)29/h1-7,9-10,12-15,24,29H,8,11,16-22H2,(H,34,40)(H,37,38)/t24-,33?/m1/s1. The Bertz CT molecular complexity index is 1400. The van der Waals surface area contributed by atoms with E-state index >= 15 is 0 Å². The summed E-state index contributed by atoms with van der Waals surface area (Å²) in [4.78, 5) is 42.9.